The first-order valence-electron chi connectivity index (χ1n) is 12.1. The van der Waals surface area contributed by atoms with Gasteiger partial charge in [-0.3, -0.25) is 14.4 Å². The number of hydrogen-bond donors (Lipinski definition) is 1. The molecule has 5 fully saturated rings. The maximum absolute atomic E-state index is 14.7. The number of esters is 1. The van der Waals surface area contributed by atoms with Crippen LogP contribution in [0.5, 0.6) is 0 Å². The van der Waals surface area contributed by atoms with Crippen LogP contribution in [0, 0.1) is 0 Å². The van der Waals surface area contributed by atoms with E-state index in [0.29, 0.717) is 11.1 Å². The van der Waals surface area contributed by atoms with Crippen molar-refractivity contribution in [3.8, 4) is 0 Å². The highest BCUT2D eigenvalue weighted by Crippen LogP contribution is 2.69. The van der Waals surface area contributed by atoms with Crippen LogP contribution in [0.3, 0.4) is 0 Å². The van der Waals surface area contributed by atoms with Gasteiger partial charge in [-0.15, -0.1) is 0 Å². The molecule has 5 saturated heterocycles. The van der Waals surface area contributed by atoms with Crippen LogP contribution in [-0.4, -0.2) is 66.7 Å². The predicted molar refractivity (Wildman–Crippen MR) is 147 cm³/mol. The normalized spacial score (nSPS) is 36.7. The molecule has 0 aromatic carbocycles. The van der Waals surface area contributed by atoms with Gasteiger partial charge in [-0.2, -0.15) is 0 Å². The van der Waals surface area contributed by atoms with E-state index >= 15 is 0 Å². The van der Waals surface area contributed by atoms with Gasteiger partial charge in [0.2, 0.25) is 0 Å². The number of ether oxygens (including phenoxy) is 3. The minimum Gasteiger partial charge on any atom is -0.473 e. The molecule has 1 N–H and O–H groups in total. The Morgan fingerprint density at radius 1 is 0.974 bits per heavy atom. The predicted octanol–water partition coefficient (Wildman–Crippen LogP) is 4.16. The van der Waals surface area contributed by atoms with E-state index in [4.69, 9.17) is 14.2 Å². The zero-order valence-electron chi connectivity index (χ0n) is 20.8. The van der Waals surface area contributed by atoms with E-state index < -0.39 is 40.0 Å². The second-order valence-corrected chi connectivity index (χ2v) is 16.4. The highest BCUT2D eigenvalue weighted by molar-refractivity contribution is 9.26. The van der Waals surface area contributed by atoms with Gasteiger partial charge in [-0.25, -0.2) is 0 Å². The molecular weight excluding hydrogens is 569 g/mol. The Balaban J connectivity index is 1.43. The van der Waals surface area contributed by atoms with Crippen molar-refractivity contribution in [2.45, 2.75) is 74.1 Å². The number of hydrogen-bond acceptors (Lipinski definition) is 11. The lowest BCUT2D eigenvalue weighted by atomic mass is 10.0. The van der Waals surface area contributed by atoms with E-state index in [2.05, 4.69) is 0 Å². The smallest absolute Gasteiger partial charge is 0.310 e. The fraction of sp³-hybridized carbons (Fsp3) is 0.480. The highest BCUT2D eigenvalue weighted by atomic mass is 33.7. The van der Waals surface area contributed by atoms with Crippen molar-refractivity contribution in [1.82, 2.24) is 9.80 Å². The Morgan fingerprint density at radius 3 is 2.13 bits per heavy atom. The molecule has 7 aliphatic heterocycles. The third kappa shape index (κ3) is 3.80. The van der Waals surface area contributed by atoms with E-state index in [1.54, 1.807) is 22.1 Å². The number of fused-ring (bicyclic) bond motifs is 5. The van der Waals surface area contributed by atoms with Gasteiger partial charge >= 0.3 is 5.97 Å². The Morgan fingerprint density at radius 2 is 1.53 bits per heavy atom. The van der Waals surface area contributed by atoms with Gasteiger partial charge in [-0.1, -0.05) is 11.1 Å². The van der Waals surface area contributed by atoms with Crippen LogP contribution >= 0.6 is 41.2 Å². The average Bonchev–Trinajstić information content (AvgIpc) is 3.23. The number of allylic oxidation sites excluding steroid dienone is 1. The van der Waals surface area contributed by atoms with Gasteiger partial charge in [0.15, 0.2) is 9.74 Å². The van der Waals surface area contributed by atoms with E-state index in [-0.39, 0.29) is 31.1 Å². The SMILES string of the molecule is CC(C)=C(C)CC(=O)O[C@H]1C=COC=C2C[C@@]34SSSS[C@]5(CC6=COC=C[C@H](O)[C@H]6N5C3=O)C(=O)N4[C@@H]21. The zero-order valence-corrected chi connectivity index (χ0v) is 24.1. The Hall–Kier alpha value is -1.93. The van der Waals surface area contributed by atoms with Crippen molar-refractivity contribution in [3.05, 3.63) is 59.5 Å². The molecule has 2 amide bonds. The summed E-state index contributed by atoms with van der Waals surface area (Å²) in [6.07, 6.45) is 7.79. The molecule has 38 heavy (non-hydrogen) atoms. The minimum atomic E-state index is -1.28. The summed E-state index contributed by atoms with van der Waals surface area (Å²) in [6, 6.07) is -1.41. The van der Waals surface area contributed by atoms with Crippen molar-refractivity contribution >= 4 is 59.0 Å². The van der Waals surface area contributed by atoms with Crippen molar-refractivity contribution < 1.29 is 33.7 Å². The molecule has 6 atom stereocenters. The Bertz CT molecular complexity index is 1260. The summed E-state index contributed by atoms with van der Waals surface area (Å²) in [4.78, 5) is 42.8. The molecule has 0 saturated carbocycles. The number of aliphatic hydroxyl groups excluding tert-OH is 1. The van der Waals surface area contributed by atoms with Gasteiger partial charge in [0.25, 0.3) is 11.8 Å². The number of amides is 2. The van der Waals surface area contributed by atoms with Gasteiger partial charge in [0.1, 0.15) is 6.10 Å². The van der Waals surface area contributed by atoms with E-state index in [0.717, 1.165) is 11.1 Å². The van der Waals surface area contributed by atoms with Crippen LogP contribution in [0.1, 0.15) is 40.0 Å². The van der Waals surface area contributed by atoms with Crippen molar-refractivity contribution in [1.29, 1.82) is 0 Å². The van der Waals surface area contributed by atoms with Crippen LogP contribution < -0.4 is 0 Å². The summed E-state index contributed by atoms with van der Waals surface area (Å²) in [5, 5.41) is 11.0. The van der Waals surface area contributed by atoms with E-state index in [1.807, 2.05) is 20.8 Å². The molecule has 0 aromatic heterocycles. The van der Waals surface area contributed by atoms with Crippen LogP contribution in [0.15, 0.2) is 59.5 Å². The van der Waals surface area contributed by atoms with E-state index in [9.17, 15) is 19.5 Å². The molecule has 0 aliphatic carbocycles. The van der Waals surface area contributed by atoms with Gasteiger partial charge < -0.3 is 29.1 Å². The van der Waals surface area contributed by atoms with Gasteiger partial charge in [0, 0.05) is 12.8 Å². The second-order valence-electron chi connectivity index (χ2n) is 10.2. The largest absolute Gasteiger partial charge is 0.473 e. The maximum atomic E-state index is 14.7. The number of carbonyl (C=O) groups excluding carboxylic acids is 3. The first-order valence-corrected chi connectivity index (χ1v) is 16.9. The fourth-order valence-corrected chi connectivity index (χ4v) is 13.5. The molecule has 0 unspecified atom stereocenters. The summed E-state index contributed by atoms with van der Waals surface area (Å²) in [5.41, 5.74) is 3.35. The molecule has 0 radical (unpaired) electrons. The molecule has 0 aromatic rings. The number of carbonyl (C=O) groups is 3. The first-order chi connectivity index (χ1) is 18.2. The number of aliphatic hydroxyl groups is 1. The van der Waals surface area contributed by atoms with Crippen molar-refractivity contribution in [3.63, 3.8) is 0 Å². The summed E-state index contributed by atoms with van der Waals surface area (Å²) in [5.74, 6) is -0.921. The van der Waals surface area contributed by atoms with Crippen molar-refractivity contribution in [2.24, 2.45) is 0 Å². The van der Waals surface area contributed by atoms with Crippen molar-refractivity contribution in [2.75, 3.05) is 0 Å². The van der Waals surface area contributed by atoms with Crippen LogP contribution in [-0.2, 0) is 28.6 Å². The topological polar surface area (TPSA) is 106 Å². The summed E-state index contributed by atoms with van der Waals surface area (Å²) >= 11 is 0. The molecule has 7 aliphatic rings. The lowest BCUT2D eigenvalue weighted by molar-refractivity contribution is -0.169. The lowest BCUT2D eigenvalue weighted by Crippen LogP contribution is -2.74. The minimum absolute atomic E-state index is 0.132. The first kappa shape index (κ1) is 26.3. The van der Waals surface area contributed by atoms with E-state index in [1.165, 1.54) is 66.1 Å². The molecule has 7 heterocycles. The average molecular weight is 595 g/mol. The quantitative estimate of drug-likeness (QED) is 0.289. The Kier molecular flexibility index (Phi) is 6.65. The maximum Gasteiger partial charge on any atom is 0.310 e. The third-order valence-electron chi connectivity index (χ3n) is 7.76. The molecule has 202 valence electrons. The van der Waals surface area contributed by atoms with Crippen LogP contribution in [0.4, 0.5) is 0 Å². The molecule has 13 heteroatoms. The second kappa shape index (κ2) is 9.61. The molecule has 9 nitrogen and oxygen atoms in total. The van der Waals surface area contributed by atoms with Gasteiger partial charge in [-0.05, 0) is 85.3 Å². The molecule has 2 bridgehead atoms. The Labute approximate surface area is 235 Å². The van der Waals surface area contributed by atoms with Crippen LogP contribution in [0.25, 0.3) is 0 Å². The van der Waals surface area contributed by atoms with Crippen LogP contribution in [0.2, 0.25) is 0 Å². The lowest BCUT2D eigenvalue weighted by Gasteiger charge is -2.54. The monoisotopic (exact) mass is 594 g/mol. The zero-order chi connectivity index (χ0) is 26.8. The molecule has 2 spiro atoms. The fourth-order valence-electron chi connectivity index (χ4n) is 5.73. The standard InChI is InChI=1S/C25H26N2O7S4/c1-13(2)14(3)8-19(29)34-18-5-7-33-12-16-10-25-22(30)26-20-15(11-32-6-4-17(20)28)9-24(26,35-37-38-36-25)23(31)27(25)21(16)18/h4-7,11-12,17-18,20-21,28H,8-10H2,1-3H3/t17-,18-,20-,21-,24+,25+/m0/s1. The highest BCUT2D eigenvalue weighted by Gasteiger charge is 2.74. The summed E-state index contributed by atoms with van der Waals surface area (Å²) in [7, 11) is 5.54. The van der Waals surface area contributed by atoms with Gasteiger partial charge in [0.05, 0.1) is 49.7 Å². The number of nitrogens with zero attached hydrogens (tertiary/aromatic N) is 2. The number of piperazine rings is 1. The third-order valence-corrected chi connectivity index (χ3v) is 15.0. The summed E-state index contributed by atoms with van der Waals surface area (Å²) < 4.78 is 17.0. The molecule has 7 rings (SSSR count). The summed E-state index contributed by atoms with van der Waals surface area (Å²) in [6.45, 7) is 5.77. The molecular formula is C25H26N2O7S4. The number of rotatable bonds is 3.